The summed E-state index contributed by atoms with van der Waals surface area (Å²) in [6, 6.07) is 13.2. The third-order valence-corrected chi connectivity index (χ3v) is 8.36. The lowest BCUT2D eigenvalue weighted by atomic mass is 10.1. The molecule has 100 valence electrons. The molecular weight excluding hydrogens is 264 g/mol. The Bertz CT molecular complexity index is 542. The fourth-order valence-corrected chi connectivity index (χ4v) is 6.72. The highest BCUT2D eigenvalue weighted by molar-refractivity contribution is 6.82. The summed E-state index contributed by atoms with van der Waals surface area (Å²) >= 11 is 0. The first kappa shape index (κ1) is 14.2. The van der Waals surface area contributed by atoms with E-state index in [-0.39, 0.29) is 0 Å². The highest BCUT2D eigenvalue weighted by atomic mass is 28.3. The standard InChI is InChI=1S/C16H22OSi2/c1-11-7-5-9-15(13(11)3)19(17-18)16-10-6-8-12(2)14(16)4/h5-10,19H,1-4,18H3. The van der Waals surface area contributed by atoms with E-state index in [0.717, 1.165) is 10.5 Å². The minimum absolute atomic E-state index is 0.795. The summed E-state index contributed by atoms with van der Waals surface area (Å²) in [6.45, 7) is 8.80. The lowest BCUT2D eigenvalue weighted by Crippen LogP contribution is -2.47. The van der Waals surface area contributed by atoms with Gasteiger partial charge in [-0.1, -0.05) is 36.4 Å². The Morgan fingerprint density at radius 2 is 1.21 bits per heavy atom. The van der Waals surface area contributed by atoms with E-state index in [2.05, 4.69) is 64.1 Å². The number of hydrogen-bond donors (Lipinski definition) is 0. The van der Waals surface area contributed by atoms with Crippen molar-refractivity contribution in [2.75, 3.05) is 0 Å². The van der Waals surface area contributed by atoms with Crippen LogP contribution in [-0.2, 0) is 4.12 Å². The van der Waals surface area contributed by atoms with Crippen molar-refractivity contribution in [3.8, 4) is 0 Å². The molecule has 0 amide bonds. The molecule has 0 aromatic heterocycles. The van der Waals surface area contributed by atoms with Gasteiger partial charge in [0.1, 0.15) is 10.5 Å². The fraction of sp³-hybridized carbons (Fsp3) is 0.250. The lowest BCUT2D eigenvalue weighted by molar-refractivity contribution is 0.660. The minimum Gasteiger partial charge on any atom is -0.459 e. The van der Waals surface area contributed by atoms with Gasteiger partial charge in [-0.05, 0) is 60.3 Å². The highest BCUT2D eigenvalue weighted by Gasteiger charge is 2.20. The van der Waals surface area contributed by atoms with E-state index >= 15 is 0 Å². The Morgan fingerprint density at radius 1 is 0.789 bits per heavy atom. The summed E-state index contributed by atoms with van der Waals surface area (Å²) in [4.78, 5) is 0. The Labute approximate surface area is 120 Å². The molecule has 0 heterocycles. The van der Waals surface area contributed by atoms with Crippen molar-refractivity contribution in [2.45, 2.75) is 27.7 Å². The van der Waals surface area contributed by atoms with Crippen LogP contribution in [0.5, 0.6) is 0 Å². The summed E-state index contributed by atoms with van der Waals surface area (Å²) in [5, 5.41) is 2.87. The van der Waals surface area contributed by atoms with Gasteiger partial charge >= 0.3 is 0 Å². The SMILES string of the molecule is Cc1cccc([SiH](O[SiH3])c2cccc(C)c2C)c1C. The van der Waals surface area contributed by atoms with Gasteiger partial charge in [0.05, 0.1) is 0 Å². The van der Waals surface area contributed by atoms with Gasteiger partial charge in [-0.3, -0.25) is 0 Å². The average Bonchev–Trinajstić information content (AvgIpc) is 2.40. The van der Waals surface area contributed by atoms with Gasteiger partial charge in [0, 0.05) is 0 Å². The summed E-state index contributed by atoms with van der Waals surface area (Å²) in [5.41, 5.74) is 5.52. The van der Waals surface area contributed by atoms with Crippen molar-refractivity contribution in [1.29, 1.82) is 0 Å². The van der Waals surface area contributed by atoms with Crippen LogP contribution in [0.25, 0.3) is 0 Å². The zero-order valence-electron chi connectivity index (χ0n) is 12.4. The molecule has 0 aliphatic heterocycles. The molecular formula is C16H22OSi2. The quantitative estimate of drug-likeness (QED) is 0.767. The minimum atomic E-state index is -1.50. The number of hydrogen-bond acceptors (Lipinski definition) is 1. The second-order valence-electron chi connectivity index (χ2n) is 5.19. The molecule has 0 atom stereocenters. The zero-order valence-corrected chi connectivity index (χ0v) is 15.6. The molecule has 0 radical (unpaired) electrons. The predicted molar refractivity (Wildman–Crippen MR) is 89.3 cm³/mol. The summed E-state index contributed by atoms with van der Waals surface area (Å²) in [5.74, 6) is 0. The molecule has 2 aromatic carbocycles. The van der Waals surface area contributed by atoms with Crippen LogP contribution in [-0.4, -0.2) is 19.5 Å². The predicted octanol–water partition coefficient (Wildman–Crippen LogP) is 1.06. The molecule has 0 spiro atoms. The molecule has 0 aliphatic rings. The van der Waals surface area contributed by atoms with Gasteiger partial charge in [-0.25, -0.2) is 0 Å². The Kier molecular flexibility index (Phi) is 4.40. The molecule has 2 aromatic rings. The Balaban J connectivity index is 2.57. The van der Waals surface area contributed by atoms with E-state index in [1.165, 1.54) is 32.6 Å². The van der Waals surface area contributed by atoms with Crippen LogP contribution >= 0.6 is 0 Å². The topological polar surface area (TPSA) is 9.23 Å². The second kappa shape index (κ2) is 5.86. The maximum absolute atomic E-state index is 6.07. The monoisotopic (exact) mass is 286 g/mol. The van der Waals surface area contributed by atoms with Gasteiger partial charge in [0.15, 0.2) is 0 Å². The molecule has 0 saturated heterocycles. The van der Waals surface area contributed by atoms with E-state index in [1.807, 2.05) is 0 Å². The number of rotatable bonds is 3. The van der Waals surface area contributed by atoms with Crippen molar-refractivity contribution < 1.29 is 4.12 Å². The van der Waals surface area contributed by atoms with Gasteiger partial charge in [-0.15, -0.1) is 0 Å². The van der Waals surface area contributed by atoms with Crippen molar-refractivity contribution in [3.05, 3.63) is 58.7 Å². The molecule has 1 nitrogen and oxygen atoms in total. The Morgan fingerprint density at radius 3 is 1.58 bits per heavy atom. The van der Waals surface area contributed by atoms with Crippen LogP contribution in [0.2, 0.25) is 0 Å². The van der Waals surface area contributed by atoms with Crippen LogP contribution in [0.1, 0.15) is 22.3 Å². The van der Waals surface area contributed by atoms with Gasteiger partial charge in [-0.2, -0.15) is 0 Å². The molecule has 0 fully saturated rings. The normalized spacial score (nSPS) is 11.2. The second-order valence-corrected chi connectivity index (χ2v) is 9.08. The molecule has 0 N–H and O–H groups in total. The molecule has 0 saturated carbocycles. The lowest BCUT2D eigenvalue weighted by Gasteiger charge is -2.21. The van der Waals surface area contributed by atoms with Crippen LogP contribution < -0.4 is 10.4 Å². The molecule has 0 bridgehead atoms. The van der Waals surface area contributed by atoms with E-state index in [4.69, 9.17) is 4.12 Å². The van der Waals surface area contributed by atoms with E-state index in [1.54, 1.807) is 0 Å². The van der Waals surface area contributed by atoms with Crippen LogP contribution in [0.4, 0.5) is 0 Å². The smallest absolute Gasteiger partial charge is 0.228 e. The van der Waals surface area contributed by atoms with Gasteiger partial charge < -0.3 is 4.12 Å². The van der Waals surface area contributed by atoms with Crippen molar-refractivity contribution in [2.24, 2.45) is 0 Å². The number of aryl methyl sites for hydroxylation is 2. The third kappa shape index (κ3) is 2.73. The van der Waals surface area contributed by atoms with Crippen molar-refractivity contribution in [1.82, 2.24) is 0 Å². The van der Waals surface area contributed by atoms with E-state index in [9.17, 15) is 0 Å². The Hall–Kier alpha value is -1.17. The van der Waals surface area contributed by atoms with Crippen molar-refractivity contribution in [3.63, 3.8) is 0 Å². The first-order valence-corrected chi connectivity index (χ1v) is 9.15. The molecule has 0 aliphatic carbocycles. The van der Waals surface area contributed by atoms with Crippen LogP contribution in [0, 0.1) is 27.7 Å². The molecule has 3 heteroatoms. The van der Waals surface area contributed by atoms with E-state index < -0.39 is 9.04 Å². The van der Waals surface area contributed by atoms with Gasteiger partial charge in [0.2, 0.25) is 9.04 Å². The van der Waals surface area contributed by atoms with Crippen LogP contribution in [0.15, 0.2) is 36.4 Å². The number of benzene rings is 2. The summed E-state index contributed by atoms with van der Waals surface area (Å²) < 4.78 is 6.07. The average molecular weight is 287 g/mol. The molecule has 19 heavy (non-hydrogen) atoms. The molecule has 0 unspecified atom stereocenters. The zero-order chi connectivity index (χ0) is 14.0. The molecule has 2 rings (SSSR count). The van der Waals surface area contributed by atoms with E-state index in [0.29, 0.717) is 0 Å². The fourth-order valence-electron chi connectivity index (χ4n) is 2.54. The van der Waals surface area contributed by atoms with Gasteiger partial charge in [0.25, 0.3) is 0 Å². The summed E-state index contributed by atoms with van der Waals surface area (Å²) in [6.07, 6.45) is 0. The third-order valence-electron chi connectivity index (χ3n) is 4.09. The maximum Gasteiger partial charge on any atom is 0.228 e. The van der Waals surface area contributed by atoms with Crippen LogP contribution in [0.3, 0.4) is 0 Å². The first-order chi connectivity index (χ1) is 9.06. The largest absolute Gasteiger partial charge is 0.459 e. The van der Waals surface area contributed by atoms with Crippen molar-refractivity contribution >= 4 is 29.9 Å². The first-order valence-electron chi connectivity index (χ1n) is 6.71. The highest BCUT2D eigenvalue weighted by Crippen LogP contribution is 2.08. The maximum atomic E-state index is 6.07. The summed E-state index contributed by atoms with van der Waals surface area (Å²) in [7, 11) is -0.707.